The first-order chi connectivity index (χ1) is 9.40. The van der Waals surface area contributed by atoms with Gasteiger partial charge in [-0.3, -0.25) is 0 Å². The van der Waals surface area contributed by atoms with E-state index in [0.29, 0.717) is 6.04 Å². The van der Waals surface area contributed by atoms with E-state index in [-0.39, 0.29) is 0 Å². The van der Waals surface area contributed by atoms with Crippen LogP contribution in [-0.2, 0) is 6.42 Å². The number of hydrogen-bond donors (Lipinski definition) is 1. The SMILES string of the molecule is c1ccc(CC2CN(CC3CCSC3)CCN2)cc1. The van der Waals surface area contributed by atoms with Gasteiger partial charge in [-0.15, -0.1) is 0 Å². The van der Waals surface area contributed by atoms with Crippen molar-refractivity contribution in [3.63, 3.8) is 0 Å². The van der Waals surface area contributed by atoms with Crippen LogP contribution in [0.2, 0.25) is 0 Å². The number of benzene rings is 1. The third kappa shape index (κ3) is 3.98. The van der Waals surface area contributed by atoms with Crippen LogP contribution in [0.1, 0.15) is 12.0 Å². The van der Waals surface area contributed by atoms with Crippen LogP contribution < -0.4 is 5.32 Å². The molecule has 2 unspecified atom stereocenters. The van der Waals surface area contributed by atoms with Crippen molar-refractivity contribution in [2.75, 3.05) is 37.7 Å². The molecule has 0 spiro atoms. The third-order valence-corrected chi connectivity index (χ3v) is 5.44. The van der Waals surface area contributed by atoms with Crippen LogP contribution >= 0.6 is 11.8 Å². The Morgan fingerprint density at radius 1 is 1.26 bits per heavy atom. The molecule has 1 N–H and O–H groups in total. The van der Waals surface area contributed by atoms with E-state index in [1.165, 1.54) is 43.1 Å². The van der Waals surface area contributed by atoms with Crippen LogP contribution in [0.5, 0.6) is 0 Å². The minimum atomic E-state index is 0.630. The molecule has 2 atom stereocenters. The van der Waals surface area contributed by atoms with Gasteiger partial charge in [0.25, 0.3) is 0 Å². The van der Waals surface area contributed by atoms with Crippen LogP contribution in [0, 0.1) is 5.92 Å². The Hall–Kier alpha value is -0.510. The van der Waals surface area contributed by atoms with Crippen LogP contribution in [0.4, 0.5) is 0 Å². The van der Waals surface area contributed by atoms with Gasteiger partial charge in [-0.2, -0.15) is 11.8 Å². The molecule has 0 radical (unpaired) electrons. The molecule has 0 bridgehead atoms. The standard InChI is InChI=1S/C16H24N2S/c1-2-4-14(5-3-1)10-16-12-18(8-7-17-16)11-15-6-9-19-13-15/h1-5,15-17H,6-13H2. The smallest absolute Gasteiger partial charge is 0.0235 e. The van der Waals surface area contributed by atoms with Gasteiger partial charge in [0.2, 0.25) is 0 Å². The lowest BCUT2D eigenvalue weighted by Crippen LogP contribution is -2.52. The van der Waals surface area contributed by atoms with Crippen LogP contribution in [-0.4, -0.2) is 48.6 Å². The molecule has 2 fully saturated rings. The van der Waals surface area contributed by atoms with Gasteiger partial charge in [-0.05, 0) is 35.8 Å². The van der Waals surface area contributed by atoms with Crippen molar-refractivity contribution in [1.29, 1.82) is 0 Å². The monoisotopic (exact) mass is 276 g/mol. The molecule has 2 aliphatic heterocycles. The number of thioether (sulfide) groups is 1. The summed E-state index contributed by atoms with van der Waals surface area (Å²) in [5.74, 6) is 3.71. The third-order valence-electron chi connectivity index (χ3n) is 4.20. The molecule has 3 heteroatoms. The summed E-state index contributed by atoms with van der Waals surface area (Å²) < 4.78 is 0. The van der Waals surface area contributed by atoms with Crippen molar-refractivity contribution in [3.05, 3.63) is 35.9 Å². The van der Waals surface area contributed by atoms with Gasteiger partial charge < -0.3 is 10.2 Å². The molecule has 104 valence electrons. The summed E-state index contributed by atoms with van der Waals surface area (Å²) in [5.41, 5.74) is 1.46. The molecule has 0 saturated carbocycles. The van der Waals surface area contributed by atoms with E-state index >= 15 is 0 Å². The van der Waals surface area contributed by atoms with Gasteiger partial charge in [0.05, 0.1) is 0 Å². The average Bonchev–Trinajstić information content (AvgIpc) is 2.93. The maximum absolute atomic E-state index is 3.68. The molecule has 2 saturated heterocycles. The highest BCUT2D eigenvalue weighted by Crippen LogP contribution is 2.24. The molecule has 1 aromatic carbocycles. The Morgan fingerprint density at radius 3 is 2.95 bits per heavy atom. The van der Waals surface area contributed by atoms with Crippen molar-refractivity contribution in [1.82, 2.24) is 10.2 Å². The highest BCUT2D eigenvalue weighted by Gasteiger charge is 2.23. The minimum Gasteiger partial charge on any atom is -0.311 e. The van der Waals surface area contributed by atoms with E-state index in [4.69, 9.17) is 0 Å². The summed E-state index contributed by atoms with van der Waals surface area (Å²) in [4.78, 5) is 2.68. The quantitative estimate of drug-likeness (QED) is 0.908. The second-order valence-corrected chi connectivity index (χ2v) is 6.98. The van der Waals surface area contributed by atoms with Gasteiger partial charge in [-0.1, -0.05) is 30.3 Å². The Bertz CT molecular complexity index is 376. The molecule has 2 aliphatic rings. The summed E-state index contributed by atoms with van der Waals surface area (Å²) in [6.45, 7) is 4.92. The molecule has 0 amide bonds. The van der Waals surface area contributed by atoms with Crippen molar-refractivity contribution in [2.45, 2.75) is 18.9 Å². The zero-order valence-corrected chi connectivity index (χ0v) is 12.4. The van der Waals surface area contributed by atoms with Crippen molar-refractivity contribution >= 4 is 11.8 Å². The zero-order valence-electron chi connectivity index (χ0n) is 11.6. The Labute approximate surface area is 121 Å². The lowest BCUT2D eigenvalue weighted by molar-refractivity contribution is 0.178. The lowest BCUT2D eigenvalue weighted by atomic mass is 10.0. The highest BCUT2D eigenvalue weighted by molar-refractivity contribution is 7.99. The molecule has 0 aromatic heterocycles. The van der Waals surface area contributed by atoms with Gasteiger partial charge in [-0.25, -0.2) is 0 Å². The van der Waals surface area contributed by atoms with Gasteiger partial charge in [0, 0.05) is 32.2 Å². The predicted octanol–water partition coefficient (Wildman–Crippen LogP) is 2.26. The second-order valence-electron chi connectivity index (χ2n) is 5.83. The van der Waals surface area contributed by atoms with E-state index in [1.807, 2.05) is 0 Å². The fourth-order valence-corrected chi connectivity index (χ4v) is 4.46. The van der Waals surface area contributed by atoms with E-state index in [0.717, 1.165) is 18.9 Å². The minimum absolute atomic E-state index is 0.630. The number of hydrogen-bond acceptors (Lipinski definition) is 3. The van der Waals surface area contributed by atoms with E-state index < -0.39 is 0 Å². The van der Waals surface area contributed by atoms with Gasteiger partial charge >= 0.3 is 0 Å². The van der Waals surface area contributed by atoms with Crippen molar-refractivity contribution in [2.24, 2.45) is 5.92 Å². The molecular formula is C16H24N2S. The molecular weight excluding hydrogens is 252 g/mol. The molecule has 0 aliphatic carbocycles. The average molecular weight is 276 g/mol. The normalized spacial score (nSPS) is 28.6. The maximum Gasteiger partial charge on any atom is 0.0235 e. The molecule has 2 heterocycles. The topological polar surface area (TPSA) is 15.3 Å². The first-order valence-electron chi connectivity index (χ1n) is 7.47. The zero-order chi connectivity index (χ0) is 12.9. The summed E-state index contributed by atoms with van der Waals surface area (Å²) in [5, 5.41) is 3.68. The molecule has 3 rings (SSSR count). The number of nitrogens with one attached hydrogen (secondary N) is 1. The van der Waals surface area contributed by atoms with Crippen molar-refractivity contribution < 1.29 is 0 Å². The number of nitrogens with zero attached hydrogens (tertiary/aromatic N) is 1. The highest BCUT2D eigenvalue weighted by atomic mass is 32.2. The van der Waals surface area contributed by atoms with Gasteiger partial charge in [0.1, 0.15) is 0 Å². The van der Waals surface area contributed by atoms with E-state index in [1.54, 1.807) is 0 Å². The van der Waals surface area contributed by atoms with Crippen LogP contribution in [0.15, 0.2) is 30.3 Å². The number of piperazine rings is 1. The fraction of sp³-hybridized carbons (Fsp3) is 0.625. The van der Waals surface area contributed by atoms with Crippen LogP contribution in [0.25, 0.3) is 0 Å². The Morgan fingerprint density at radius 2 is 2.16 bits per heavy atom. The van der Waals surface area contributed by atoms with Gasteiger partial charge in [0.15, 0.2) is 0 Å². The Kier molecular flexibility index (Phi) is 4.81. The lowest BCUT2D eigenvalue weighted by Gasteiger charge is -2.35. The summed E-state index contributed by atoms with van der Waals surface area (Å²) in [6.07, 6.45) is 2.59. The molecule has 1 aromatic rings. The van der Waals surface area contributed by atoms with Crippen molar-refractivity contribution in [3.8, 4) is 0 Å². The first-order valence-corrected chi connectivity index (χ1v) is 8.63. The maximum atomic E-state index is 3.68. The Balaban J connectivity index is 1.50. The summed E-state index contributed by atoms with van der Waals surface area (Å²) in [6, 6.07) is 11.5. The summed E-state index contributed by atoms with van der Waals surface area (Å²) >= 11 is 2.13. The first kappa shape index (κ1) is 13.5. The van der Waals surface area contributed by atoms with Crippen LogP contribution in [0.3, 0.4) is 0 Å². The van der Waals surface area contributed by atoms with E-state index in [2.05, 4.69) is 52.3 Å². The molecule has 2 nitrogen and oxygen atoms in total. The molecule has 19 heavy (non-hydrogen) atoms. The van der Waals surface area contributed by atoms with E-state index in [9.17, 15) is 0 Å². The largest absolute Gasteiger partial charge is 0.311 e. The predicted molar refractivity (Wildman–Crippen MR) is 83.8 cm³/mol. The second kappa shape index (κ2) is 6.78. The number of rotatable bonds is 4. The summed E-state index contributed by atoms with van der Waals surface area (Å²) in [7, 11) is 0. The fourth-order valence-electron chi connectivity index (χ4n) is 3.19.